The molecule has 0 saturated carbocycles. The van der Waals surface area contributed by atoms with E-state index in [1.807, 2.05) is 0 Å². The van der Waals surface area contributed by atoms with Gasteiger partial charge in [0.2, 0.25) is 10.0 Å². The monoisotopic (exact) mass is 345 g/mol. The van der Waals surface area contributed by atoms with Gasteiger partial charge in [-0.1, -0.05) is 26.0 Å². The van der Waals surface area contributed by atoms with E-state index in [1.54, 1.807) is 13.8 Å². The van der Waals surface area contributed by atoms with Gasteiger partial charge >= 0.3 is 11.8 Å². The Morgan fingerprint density at radius 2 is 1.74 bits per heavy atom. The van der Waals surface area contributed by atoms with Gasteiger partial charge in [0.15, 0.2) is 0 Å². The number of para-hydroxylation sites is 1. The molecule has 7 nitrogen and oxygen atoms in total. The quantitative estimate of drug-likeness (QED) is 0.706. The standard InChI is InChI=1S/C14H20FN3O4S/c1-3-18(4-2)23(21,22)10-9-16-13(19)14(20)17-12-8-6-5-7-11(12)15/h5-8H,3-4,9-10H2,1-2H3,(H,16,19)(H,17,20). The van der Waals surface area contributed by atoms with E-state index in [2.05, 4.69) is 10.6 Å². The lowest BCUT2D eigenvalue weighted by atomic mass is 10.3. The summed E-state index contributed by atoms with van der Waals surface area (Å²) in [6.07, 6.45) is 0. The van der Waals surface area contributed by atoms with E-state index in [9.17, 15) is 22.4 Å². The first-order chi connectivity index (χ1) is 10.8. The van der Waals surface area contributed by atoms with Crippen LogP contribution in [0.15, 0.2) is 24.3 Å². The lowest BCUT2D eigenvalue weighted by molar-refractivity contribution is -0.136. The molecule has 23 heavy (non-hydrogen) atoms. The van der Waals surface area contributed by atoms with Gasteiger partial charge in [0.05, 0.1) is 11.4 Å². The SMILES string of the molecule is CCN(CC)S(=O)(=O)CCNC(=O)C(=O)Nc1ccccc1F. The number of halogens is 1. The van der Waals surface area contributed by atoms with Crippen molar-refractivity contribution in [3.8, 4) is 0 Å². The molecule has 1 aromatic rings. The van der Waals surface area contributed by atoms with Gasteiger partial charge in [0.1, 0.15) is 5.82 Å². The second-order valence-corrected chi connectivity index (χ2v) is 6.68. The zero-order valence-electron chi connectivity index (χ0n) is 13.0. The van der Waals surface area contributed by atoms with Crippen molar-refractivity contribution in [3.63, 3.8) is 0 Å². The molecule has 0 aliphatic carbocycles. The Balaban J connectivity index is 2.51. The Bertz CT molecular complexity index is 660. The van der Waals surface area contributed by atoms with Crippen molar-refractivity contribution in [1.29, 1.82) is 0 Å². The molecule has 1 aromatic carbocycles. The maximum atomic E-state index is 13.4. The largest absolute Gasteiger partial charge is 0.347 e. The number of hydrogen-bond donors (Lipinski definition) is 2. The summed E-state index contributed by atoms with van der Waals surface area (Å²) in [5.74, 6) is -3.07. The predicted molar refractivity (Wildman–Crippen MR) is 84.7 cm³/mol. The number of sulfonamides is 1. The van der Waals surface area contributed by atoms with Gasteiger partial charge in [0.25, 0.3) is 0 Å². The molecule has 0 spiro atoms. The summed E-state index contributed by atoms with van der Waals surface area (Å²) in [6, 6.07) is 5.41. The smallest absolute Gasteiger partial charge is 0.313 e. The molecule has 0 radical (unpaired) electrons. The molecule has 0 aliphatic rings. The van der Waals surface area contributed by atoms with E-state index in [0.29, 0.717) is 13.1 Å². The summed E-state index contributed by atoms with van der Waals surface area (Å²) >= 11 is 0. The van der Waals surface area contributed by atoms with Crippen LogP contribution in [0.2, 0.25) is 0 Å². The molecule has 0 heterocycles. The molecular formula is C14H20FN3O4S. The second-order valence-electron chi connectivity index (χ2n) is 4.59. The number of anilines is 1. The maximum Gasteiger partial charge on any atom is 0.313 e. The third-order valence-corrected chi connectivity index (χ3v) is 5.10. The first kappa shape index (κ1) is 19.0. The van der Waals surface area contributed by atoms with Crippen LogP contribution in [-0.4, -0.2) is 49.9 Å². The van der Waals surface area contributed by atoms with Crippen molar-refractivity contribution in [2.24, 2.45) is 0 Å². The molecule has 2 amide bonds. The third kappa shape index (κ3) is 5.61. The fourth-order valence-corrected chi connectivity index (χ4v) is 3.27. The highest BCUT2D eigenvalue weighted by Gasteiger charge is 2.20. The molecule has 0 bridgehead atoms. The maximum absolute atomic E-state index is 13.4. The molecule has 2 N–H and O–H groups in total. The Labute approximate surface area is 134 Å². The van der Waals surface area contributed by atoms with E-state index in [1.165, 1.54) is 22.5 Å². The van der Waals surface area contributed by atoms with E-state index in [0.717, 1.165) is 6.07 Å². The zero-order chi connectivity index (χ0) is 17.5. The summed E-state index contributed by atoms with van der Waals surface area (Å²) in [5, 5.41) is 4.32. The number of carbonyl (C=O) groups is 2. The molecule has 0 unspecified atom stereocenters. The van der Waals surface area contributed by atoms with E-state index in [-0.39, 0.29) is 18.0 Å². The summed E-state index contributed by atoms with van der Waals surface area (Å²) in [7, 11) is -3.48. The molecule has 128 valence electrons. The Morgan fingerprint density at radius 1 is 1.13 bits per heavy atom. The summed E-state index contributed by atoms with van der Waals surface area (Å²) in [6.45, 7) is 3.88. The molecule has 0 saturated heterocycles. The topological polar surface area (TPSA) is 95.6 Å². The van der Waals surface area contributed by atoms with Crippen LogP contribution in [0.3, 0.4) is 0 Å². The molecule has 1 rings (SSSR count). The van der Waals surface area contributed by atoms with Crippen LogP contribution in [0.25, 0.3) is 0 Å². The predicted octanol–water partition coefficient (Wildman–Crippen LogP) is 0.552. The van der Waals surface area contributed by atoms with Crippen LogP contribution in [0.1, 0.15) is 13.8 Å². The number of nitrogens with zero attached hydrogens (tertiary/aromatic N) is 1. The normalized spacial score (nSPS) is 11.3. The minimum atomic E-state index is -3.48. The lowest BCUT2D eigenvalue weighted by Gasteiger charge is -2.18. The van der Waals surface area contributed by atoms with Crippen LogP contribution in [-0.2, 0) is 19.6 Å². The van der Waals surface area contributed by atoms with E-state index < -0.39 is 27.7 Å². The summed E-state index contributed by atoms with van der Waals surface area (Å²) in [4.78, 5) is 23.2. The Morgan fingerprint density at radius 3 is 2.30 bits per heavy atom. The van der Waals surface area contributed by atoms with Gasteiger partial charge in [-0.05, 0) is 12.1 Å². The van der Waals surface area contributed by atoms with Crippen molar-refractivity contribution in [3.05, 3.63) is 30.1 Å². The van der Waals surface area contributed by atoms with Crippen LogP contribution in [0.5, 0.6) is 0 Å². The molecule has 0 aromatic heterocycles. The van der Waals surface area contributed by atoms with Gasteiger partial charge < -0.3 is 10.6 Å². The molecule has 0 atom stereocenters. The van der Waals surface area contributed by atoms with Gasteiger partial charge in [-0.15, -0.1) is 0 Å². The highest BCUT2D eigenvalue weighted by atomic mass is 32.2. The van der Waals surface area contributed by atoms with Gasteiger partial charge in [-0.3, -0.25) is 9.59 Å². The van der Waals surface area contributed by atoms with Crippen molar-refractivity contribution in [2.45, 2.75) is 13.8 Å². The zero-order valence-corrected chi connectivity index (χ0v) is 13.8. The molecule has 0 aliphatic heterocycles. The number of hydrogen-bond acceptors (Lipinski definition) is 4. The first-order valence-electron chi connectivity index (χ1n) is 7.13. The van der Waals surface area contributed by atoms with Gasteiger partial charge in [0, 0.05) is 19.6 Å². The number of carbonyl (C=O) groups excluding carboxylic acids is 2. The van der Waals surface area contributed by atoms with Gasteiger partial charge in [-0.25, -0.2) is 17.1 Å². The number of nitrogens with one attached hydrogen (secondary N) is 2. The average Bonchev–Trinajstić information content (AvgIpc) is 2.50. The van der Waals surface area contributed by atoms with Crippen LogP contribution in [0, 0.1) is 5.82 Å². The molecule has 9 heteroatoms. The van der Waals surface area contributed by atoms with Crippen LogP contribution >= 0.6 is 0 Å². The summed E-state index contributed by atoms with van der Waals surface area (Å²) < 4.78 is 38.4. The Kier molecular flexibility index (Phi) is 7.11. The Hall–Kier alpha value is -2.00. The van der Waals surface area contributed by atoms with Gasteiger partial charge in [-0.2, -0.15) is 0 Å². The number of rotatable bonds is 7. The number of amides is 2. The summed E-state index contributed by atoms with van der Waals surface area (Å²) in [5.41, 5.74) is -0.122. The minimum absolute atomic E-state index is 0.122. The average molecular weight is 345 g/mol. The lowest BCUT2D eigenvalue weighted by Crippen LogP contribution is -2.41. The van der Waals surface area contributed by atoms with Crippen molar-refractivity contribution in [1.82, 2.24) is 9.62 Å². The number of benzene rings is 1. The minimum Gasteiger partial charge on any atom is -0.347 e. The third-order valence-electron chi connectivity index (χ3n) is 3.07. The molecule has 0 fully saturated rings. The van der Waals surface area contributed by atoms with Crippen molar-refractivity contribution < 1.29 is 22.4 Å². The van der Waals surface area contributed by atoms with Crippen LogP contribution in [0.4, 0.5) is 10.1 Å². The highest BCUT2D eigenvalue weighted by Crippen LogP contribution is 2.11. The molecular weight excluding hydrogens is 325 g/mol. The van der Waals surface area contributed by atoms with Crippen molar-refractivity contribution >= 4 is 27.5 Å². The first-order valence-corrected chi connectivity index (χ1v) is 8.74. The second kappa shape index (κ2) is 8.59. The highest BCUT2D eigenvalue weighted by molar-refractivity contribution is 7.89. The van der Waals surface area contributed by atoms with Crippen molar-refractivity contribution in [2.75, 3.05) is 30.7 Å². The fourth-order valence-electron chi connectivity index (χ4n) is 1.86. The van der Waals surface area contributed by atoms with E-state index in [4.69, 9.17) is 0 Å². The van der Waals surface area contributed by atoms with Crippen LogP contribution < -0.4 is 10.6 Å². The van der Waals surface area contributed by atoms with E-state index >= 15 is 0 Å². The fraction of sp³-hybridized carbons (Fsp3) is 0.429.